The van der Waals surface area contributed by atoms with E-state index in [0.29, 0.717) is 0 Å². The topological polar surface area (TPSA) is 53.7 Å². The molecule has 0 amide bonds. The van der Waals surface area contributed by atoms with Crippen LogP contribution in [0.3, 0.4) is 0 Å². The maximum absolute atomic E-state index is 7.82. The Labute approximate surface area is 244 Å². The summed E-state index contributed by atoms with van der Waals surface area (Å²) < 4.78 is 22.0. The SMILES string of the molecule is CC(C)(O[Si](c1ccccc1)(c1ccccc1)C(C)(C)O[Si](C)(C)C)C(C)(C)[Si](C)(C)OC(C)(N)[Si](C)(C)C. The average Bonchev–Trinajstić information content (AvgIpc) is 2.75. The molecule has 220 valence electrons. The Hall–Kier alpha value is -0.852. The molecule has 0 saturated carbocycles. The molecule has 2 aromatic carbocycles. The zero-order chi connectivity index (χ0) is 30.3. The zero-order valence-electron chi connectivity index (χ0n) is 27.6. The second-order valence-electron chi connectivity index (χ2n) is 15.3. The van der Waals surface area contributed by atoms with Gasteiger partial charge in [0.15, 0.2) is 16.6 Å². The van der Waals surface area contributed by atoms with Crippen LogP contribution in [0, 0.1) is 0 Å². The van der Waals surface area contributed by atoms with Crippen molar-refractivity contribution in [1.29, 1.82) is 0 Å². The number of nitrogens with two attached hydrogens (primary N) is 1. The third-order valence-electron chi connectivity index (χ3n) is 9.14. The Morgan fingerprint density at radius 2 is 0.949 bits per heavy atom. The van der Waals surface area contributed by atoms with E-state index < -0.39 is 49.2 Å². The molecule has 1 atom stereocenters. The minimum Gasteiger partial charge on any atom is -0.412 e. The van der Waals surface area contributed by atoms with Crippen LogP contribution in [-0.4, -0.2) is 49.2 Å². The molecule has 1 unspecified atom stereocenters. The number of benzene rings is 2. The molecule has 39 heavy (non-hydrogen) atoms. The molecule has 0 heterocycles. The summed E-state index contributed by atoms with van der Waals surface area (Å²) in [6.07, 6.45) is 0. The third kappa shape index (κ3) is 6.97. The highest BCUT2D eigenvalue weighted by molar-refractivity contribution is 7.00. The molecule has 2 aromatic rings. The van der Waals surface area contributed by atoms with Crippen LogP contribution < -0.4 is 16.1 Å². The molecule has 0 spiro atoms. The molecule has 0 fully saturated rings. The first kappa shape index (κ1) is 34.3. The van der Waals surface area contributed by atoms with Gasteiger partial charge in [-0.05, 0) is 77.7 Å². The van der Waals surface area contributed by atoms with Crippen molar-refractivity contribution in [3.63, 3.8) is 0 Å². The van der Waals surface area contributed by atoms with Gasteiger partial charge in [0.25, 0.3) is 8.32 Å². The smallest absolute Gasteiger partial charge is 0.286 e. The van der Waals surface area contributed by atoms with Crippen LogP contribution in [-0.2, 0) is 13.3 Å². The van der Waals surface area contributed by atoms with Gasteiger partial charge in [0.1, 0.15) is 0 Å². The van der Waals surface area contributed by atoms with Gasteiger partial charge in [-0.2, -0.15) is 0 Å². The van der Waals surface area contributed by atoms with E-state index >= 15 is 0 Å². The van der Waals surface area contributed by atoms with Crippen molar-refractivity contribution in [2.75, 3.05) is 0 Å². The van der Waals surface area contributed by atoms with Gasteiger partial charge in [-0.15, -0.1) is 0 Å². The molecule has 0 aromatic heterocycles. The van der Waals surface area contributed by atoms with E-state index in [1.165, 1.54) is 10.4 Å². The van der Waals surface area contributed by atoms with E-state index in [1.807, 2.05) is 0 Å². The summed E-state index contributed by atoms with van der Waals surface area (Å²) in [7, 11) is -9.24. The van der Waals surface area contributed by atoms with Gasteiger partial charge in [-0.3, -0.25) is 0 Å². The van der Waals surface area contributed by atoms with Crippen LogP contribution in [0.5, 0.6) is 0 Å². The van der Waals surface area contributed by atoms with E-state index in [4.69, 9.17) is 19.0 Å². The predicted molar refractivity (Wildman–Crippen MR) is 180 cm³/mol. The van der Waals surface area contributed by atoms with Gasteiger partial charge in [0.05, 0.1) is 24.2 Å². The molecule has 8 heteroatoms. The van der Waals surface area contributed by atoms with E-state index in [0.717, 1.165) is 0 Å². The Kier molecular flexibility index (Phi) is 9.77. The van der Waals surface area contributed by atoms with Crippen molar-refractivity contribution in [1.82, 2.24) is 0 Å². The van der Waals surface area contributed by atoms with Crippen LogP contribution in [0.25, 0.3) is 0 Å². The lowest BCUT2D eigenvalue weighted by molar-refractivity contribution is 0.0204. The summed E-state index contributed by atoms with van der Waals surface area (Å²) >= 11 is 0. The van der Waals surface area contributed by atoms with E-state index in [-0.39, 0.29) is 5.04 Å². The highest BCUT2D eigenvalue weighted by atomic mass is 28.4. The highest BCUT2D eigenvalue weighted by Crippen LogP contribution is 2.52. The Balaban J connectivity index is 2.83. The van der Waals surface area contributed by atoms with E-state index in [2.05, 4.69) is 162 Å². The molecule has 0 aliphatic heterocycles. The lowest BCUT2D eigenvalue weighted by atomic mass is 9.94. The van der Waals surface area contributed by atoms with Crippen molar-refractivity contribution in [3.05, 3.63) is 60.7 Å². The zero-order valence-corrected chi connectivity index (χ0v) is 31.6. The molecule has 0 aliphatic carbocycles. The molecular formula is C31H57NO3Si4. The molecule has 2 N–H and O–H groups in total. The number of rotatable bonds is 12. The maximum atomic E-state index is 7.82. The van der Waals surface area contributed by atoms with Crippen LogP contribution in [0.15, 0.2) is 60.7 Å². The Morgan fingerprint density at radius 1 is 0.564 bits per heavy atom. The maximum Gasteiger partial charge on any atom is 0.286 e. The molecule has 2 rings (SSSR count). The Morgan fingerprint density at radius 3 is 1.28 bits per heavy atom. The van der Waals surface area contributed by atoms with Crippen LogP contribution in [0.4, 0.5) is 0 Å². The fourth-order valence-corrected chi connectivity index (χ4v) is 17.8. The first-order valence-corrected chi connectivity index (χ1v) is 26.1. The number of hydrogen-bond acceptors (Lipinski definition) is 4. The van der Waals surface area contributed by atoms with Crippen molar-refractivity contribution in [2.24, 2.45) is 5.73 Å². The molecule has 0 radical (unpaired) electrons. The highest BCUT2D eigenvalue weighted by Gasteiger charge is 2.62. The van der Waals surface area contributed by atoms with Crippen molar-refractivity contribution >= 4 is 43.4 Å². The van der Waals surface area contributed by atoms with Crippen molar-refractivity contribution < 1.29 is 13.3 Å². The summed E-state index contributed by atoms with van der Waals surface area (Å²) in [4.78, 5) is 0. The monoisotopic (exact) mass is 603 g/mol. The van der Waals surface area contributed by atoms with E-state index in [9.17, 15) is 0 Å². The minimum atomic E-state index is -3.05. The fourth-order valence-electron chi connectivity index (χ4n) is 5.33. The largest absolute Gasteiger partial charge is 0.412 e. The second kappa shape index (κ2) is 11.1. The first-order valence-electron chi connectivity index (χ1n) is 14.3. The normalized spacial score (nSPS) is 16.2. The Bertz CT molecular complexity index is 1050. The number of hydrogen-bond donors (Lipinski definition) is 1. The average molecular weight is 604 g/mol. The summed E-state index contributed by atoms with van der Waals surface area (Å²) in [6, 6.07) is 21.6. The quantitative estimate of drug-likeness (QED) is 0.205. The van der Waals surface area contributed by atoms with Crippen LogP contribution in [0.1, 0.15) is 48.5 Å². The molecule has 0 aliphatic rings. The van der Waals surface area contributed by atoms with Crippen LogP contribution >= 0.6 is 0 Å². The summed E-state index contributed by atoms with van der Waals surface area (Å²) in [5, 5.41) is 0.964. The molecule has 0 bridgehead atoms. The molecule has 4 nitrogen and oxygen atoms in total. The lowest BCUT2D eigenvalue weighted by Crippen LogP contribution is -2.78. The van der Waals surface area contributed by atoms with Gasteiger partial charge in [0.2, 0.25) is 0 Å². The first-order chi connectivity index (χ1) is 17.3. The molecule has 0 saturated heterocycles. The predicted octanol–water partition coefficient (Wildman–Crippen LogP) is 7.27. The minimum absolute atomic E-state index is 0.294. The van der Waals surface area contributed by atoms with Crippen molar-refractivity contribution in [3.8, 4) is 0 Å². The van der Waals surface area contributed by atoms with E-state index in [1.54, 1.807) is 0 Å². The lowest BCUT2D eigenvalue weighted by Gasteiger charge is -2.58. The fraction of sp³-hybridized carbons (Fsp3) is 0.613. The third-order valence-corrected chi connectivity index (χ3v) is 23.2. The second-order valence-corrected chi connectivity index (χ2v) is 33.7. The van der Waals surface area contributed by atoms with Gasteiger partial charge >= 0.3 is 0 Å². The summed E-state index contributed by atoms with van der Waals surface area (Å²) in [6.45, 7) is 34.0. The van der Waals surface area contributed by atoms with Crippen molar-refractivity contribution in [2.45, 2.75) is 122 Å². The standard InChI is InChI=1S/C31H57NO3Si4/c1-28(2,29(3,4)38(14,15)35-31(7,32)36(8,9)10)33-39(26-22-18-16-19-23-26,27-24-20-17-21-25-27)30(5,6)34-37(11,12)13/h16-25H,32H2,1-15H3. The summed E-state index contributed by atoms with van der Waals surface area (Å²) in [5.41, 5.74) is 6.34. The molecular weight excluding hydrogens is 547 g/mol. The van der Waals surface area contributed by atoms with Gasteiger partial charge in [-0.25, -0.2) is 0 Å². The van der Waals surface area contributed by atoms with Gasteiger partial charge in [-0.1, -0.05) is 94.2 Å². The summed E-state index contributed by atoms with van der Waals surface area (Å²) in [5.74, 6) is 0. The van der Waals surface area contributed by atoms with Gasteiger partial charge in [0, 0.05) is 5.04 Å². The van der Waals surface area contributed by atoms with Gasteiger partial charge < -0.3 is 19.0 Å². The van der Waals surface area contributed by atoms with Crippen LogP contribution in [0.2, 0.25) is 57.4 Å².